The Hall–Kier alpha value is -2.40. The number of amides is 1. The molecule has 2 unspecified atom stereocenters. The molecule has 138 valence electrons. The number of rotatable bonds is 6. The van der Waals surface area contributed by atoms with Crippen molar-refractivity contribution in [3.05, 3.63) is 59.8 Å². The fourth-order valence-electron chi connectivity index (χ4n) is 3.31. The number of hydrogen-bond donors (Lipinski definition) is 1. The molecule has 1 fully saturated rings. The maximum atomic E-state index is 12.5. The Morgan fingerprint density at radius 2 is 2.12 bits per heavy atom. The highest BCUT2D eigenvalue weighted by Gasteiger charge is 2.19. The maximum Gasteiger partial charge on any atom is 0.227 e. The fraction of sp³-hybridized carbons (Fsp3) is 0.429. The number of ether oxygens (including phenoxy) is 1. The molecule has 0 aliphatic carbocycles. The molecule has 1 aromatic carbocycles. The summed E-state index contributed by atoms with van der Waals surface area (Å²) in [4.78, 5) is 19.3. The number of carbonyl (C=O) groups excluding carboxylic acids is 1. The van der Waals surface area contributed by atoms with Gasteiger partial charge in [0, 0.05) is 25.8 Å². The minimum atomic E-state index is -0.113. The van der Waals surface area contributed by atoms with E-state index in [-0.39, 0.29) is 17.9 Å². The lowest BCUT2D eigenvalue weighted by atomic mass is 9.95. The van der Waals surface area contributed by atoms with E-state index >= 15 is 0 Å². The van der Waals surface area contributed by atoms with Crippen molar-refractivity contribution in [2.45, 2.75) is 38.8 Å². The summed E-state index contributed by atoms with van der Waals surface area (Å²) in [6.07, 6.45) is 2.86. The standard InChI is InChI=1S/C21H27N3O2/c1-3-19(18-7-5-4-6-8-18)21(25)23-14-17-9-10-20(22-13-17)24-11-12-26-16(2)15-24/h4-10,13,16,19H,3,11-12,14-15H2,1-2H3,(H,23,25). The summed E-state index contributed by atoms with van der Waals surface area (Å²) in [5.41, 5.74) is 2.06. The quantitative estimate of drug-likeness (QED) is 0.867. The molecule has 0 spiro atoms. The van der Waals surface area contributed by atoms with Crippen molar-refractivity contribution in [2.75, 3.05) is 24.6 Å². The largest absolute Gasteiger partial charge is 0.375 e. The third-order valence-electron chi connectivity index (χ3n) is 4.77. The van der Waals surface area contributed by atoms with Crippen LogP contribution in [-0.2, 0) is 16.1 Å². The van der Waals surface area contributed by atoms with Crippen LogP contribution in [0.5, 0.6) is 0 Å². The van der Waals surface area contributed by atoms with E-state index in [0.717, 1.165) is 43.1 Å². The first kappa shape index (κ1) is 18.4. The molecule has 1 saturated heterocycles. The van der Waals surface area contributed by atoms with E-state index < -0.39 is 0 Å². The zero-order chi connectivity index (χ0) is 18.4. The Balaban J connectivity index is 1.56. The highest BCUT2D eigenvalue weighted by molar-refractivity contribution is 5.83. The number of hydrogen-bond acceptors (Lipinski definition) is 4. The molecular weight excluding hydrogens is 326 g/mol. The lowest BCUT2D eigenvalue weighted by Crippen LogP contribution is -2.41. The molecular formula is C21H27N3O2. The Bertz CT molecular complexity index is 703. The monoisotopic (exact) mass is 353 g/mol. The van der Waals surface area contributed by atoms with Crippen LogP contribution in [0.4, 0.5) is 5.82 Å². The second-order valence-electron chi connectivity index (χ2n) is 6.74. The van der Waals surface area contributed by atoms with Gasteiger partial charge in [-0.2, -0.15) is 0 Å². The van der Waals surface area contributed by atoms with Gasteiger partial charge in [0.05, 0.1) is 18.6 Å². The van der Waals surface area contributed by atoms with Gasteiger partial charge in [-0.05, 0) is 30.5 Å². The van der Waals surface area contributed by atoms with Crippen molar-refractivity contribution in [1.82, 2.24) is 10.3 Å². The Labute approximate surface area is 155 Å². The minimum Gasteiger partial charge on any atom is -0.375 e. The highest BCUT2D eigenvalue weighted by atomic mass is 16.5. The van der Waals surface area contributed by atoms with Crippen LogP contribution in [0.2, 0.25) is 0 Å². The van der Waals surface area contributed by atoms with Crippen LogP contribution in [0.25, 0.3) is 0 Å². The normalized spacial score (nSPS) is 18.4. The van der Waals surface area contributed by atoms with Gasteiger partial charge in [-0.15, -0.1) is 0 Å². The van der Waals surface area contributed by atoms with Crippen molar-refractivity contribution in [1.29, 1.82) is 0 Å². The molecule has 5 nitrogen and oxygen atoms in total. The third-order valence-corrected chi connectivity index (χ3v) is 4.77. The van der Waals surface area contributed by atoms with Crippen LogP contribution in [0.15, 0.2) is 48.7 Å². The molecule has 1 aliphatic heterocycles. The number of benzene rings is 1. The smallest absolute Gasteiger partial charge is 0.227 e. The Morgan fingerprint density at radius 1 is 1.31 bits per heavy atom. The molecule has 3 rings (SSSR count). The van der Waals surface area contributed by atoms with Gasteiger partial charge in [0.2, 0.25) is 5.91 Å². The number of carbonyl (C=O) groups is 1. The van der Waals surface area contributed by atoms with Gasteiger partial charge in [0.15, 0.2) is 0 Å². The van der Waals surface area contributed by atoms with E-state index in [2.05, 4.69) is 22.1 Å². The van der Waals surface area contributed by atoms with E-state index in [1.165, 1.54) is 0 Å². The Morgan fingerprint density at radius 3 is 2.77 bits per heavy atom. The van der Waals surface area contributed by atoms with Crippen LogP contribution < -0.4 is 10.2 Å². The zero-order valence-electron chi connectivity index (χ0n) is 15.5. The average molecular weight is 353 g/mol. The summed E-state index contributed by atoms with van der Waals surface area (Å²) in [5, 5.41) is 3.04. The fourth-order valence-corrected chi connectivity index (χ4v) is 3.31. The first-order valence-electron chi connectivity index (χ1n) is 9.31. The van der Waals surface area contributed by atoms with Crippen LogP contribution in [0.3, 0.4) is 0 Å². The molecule has 0 radical (unpaired) electrons. The van der Waals surface area contributed by atoms with Gasteiger partial charge in [0.25, 0.3) is 0 Å². The average Bonchev–Trinajstić information content (AvgIpc) is 2.68. The van der Waals surface area contributed by atoms with Crippen molar-refractivity contribution in [2.24, 2.45) is 0 Å². The van der Waals surface area contributed by atoms with Crippen molar-refractivity contribution >= 4 is 11.7 Å². The van der Waals surface area contributed by atoms with E-state index in [4.69, 9.17) is 4.74 Å². The number of pyridine rings is 1. The molecule has 1 aliphatic rings. The van der Waals surface area contributed by atoms with Crippen LogP contribution in [-0.4, -0.2) is 36.7 Å². The minimum absolute atomic E-state index is 0.0600. The first-order valence-corrected chi connectivity index (χ1v) is 9.31. The van der Waals surface area contributed by atoms with Gasteiger partial charge >= 0.3 is 0 Å². The molecule has 2 heterocycles. The topological polar surface area (TPSA) is 54.5 Å². The molecule has 1 aromatic heterocycles. The molecule has 26 heavy (non-hydrogen) atoms. The predicted octanol–water partition coefficient (Wildman–Crippen LogP) is 3.12. The zero-order valence-corrected chi connectivity index (χ0v) is 15.5. The SMILES string of the molecule is CCC(C(=O)NCc1ccc(N2CCOC(C)C2)nc1)c1ccccc1. The maximum absolute atomic E-state index is 12.5. The predicted molar refractivity (Wildman–Crippen MR) is 103 cm³/mol. The first-order chi connectivity index (χ1) is 12.7. The number of anilines is 1. The van der Waals surface area contributed by atoms with E-state index in [1.54, 1.807) is 0 Å². The van der Waals surface area contributed by atoms with Gasteiger partial charge < -0.3 is 15.0 Å². The summed E-state index contributed by atoms with van der Waals surface area (Å²) in [6, 6.07) is 14.0. The van der Waals surface area contributed by atoms with Gasteiger partial charge in [0.1, 0.15) is 5.82 Å². The summed E-state index contributed by atoms with van der Waals surface area (Å²) in [5.74, 6) is 0.911. The molecule has 0 bridgehead atoms. The lowest BCUT2D eigenvalue weighted by molar-refractivity contribution is -0.122. The van der Waals surface area contributed by atoms with E-state index in [1.807, 2.05) is 55.6 Å². The summed E-state index contributed by atoms with van der Waals surface area (Å²) < 4.78 is 5.57. The van der Waals surface area contributed by atoms with E-state index in [9.17, 15) is 4.79 Å². The summed E-state index contributed by atoms with van der Waals surface area (Å²) >= 11 is 0. The number of nitrogens with one attached hydrogen (secondary N) is 1. The number of aromatic nitrogens is 1. The lowest BCUT2D eigenvalue weighted by Gasteiger charge is -2.32. The van der Waals surface area contributed by atoms with Crippen molar-refractivity contribution in [3.8, 4) is 0 Å². The second-order valence-corrected chi connectivity index (χ2v) is 6.74. The van der Waals surface area contributed by atoms with Crippen LogP contribution >= 0.6 is 0 Å². The van der Waals surface area contributed by atoms with Gasteiger partial charge in [-0.25, -0.2) is 4.98 Å². The van der Waals surface area contributed by atoms with Crippen molar-refractivity contribution in [3.63, 3.8) is 0 Å². The molecule has 2 aromatic rings. The third kappa shape index (κ3) is 4.61. The highest BCUT2D eigenvalue weighted by Crippen LogP contribution is 2.20. The number of nitrogens with zero attached hydrogens (tertiary/aromatic N) is 2. The van der Waals surface area contributed by atoms with Gasteiger partial charge in [-0.1, -0.05) is 43.3 Å². The molecule has 0 saturated carbocycles. The van der Waals surface area contributed by atoms with Gasteiger partial charge in [-0.3, -0.25) is 4.79 Å². The molecule has 5 heteroatoms. The molecule has 1 amide bonds. The van der Waals surface area contributed by atoms with Crippen LogP contribution in [0, 0.1) is 0 Å². The van der Waals surface area contributed by atoms with Crippen molar-refractivity contribution < 1.29 is 9.53 Å². The summed E-state index contributed by atoms with van der Waals surface area (Å²) in [7, 11) is 0. The second kappa shape index (κ2) is 8.81. The summed E-state index contributed by atoms with van der Waals surface area (Å²) in [6.45, 7) is 7.07. The molecule has 1 N–H and O–H groups in total. The number of morpholine rings is 1. The van der Waals surface area contributed by atoms with Crippen LogP contribution in [0.1, 0.15) is 37.3 Å². The van der Waals surface area contributed by atoms with E-state index in [0.29, 0.717) is 6.54 Å². The molecule has 2 atom stereocenters. The Kier molecular flexibility index (Phi) is 6.23.